The Balaban J connectivity index is 0.00000132. The molecule has 0 saturated heterocycles. The van der Waals surface area contributed by atoms with Gasteiger partial charge in [-0.2, -0.15) is 4.39 Å². The highest BCUT2D eigenvalue weighted by Crippen LogP contribution is 2.35. The van der Waals surface area contributed by atoms with Crippen LogP contribution in [0.3, 0.4) is 0 Å². The normalized spacial score (nSPS) is 14.3. The average Bonchev–Trinajstić information content (AvgIpc) is 3.27. The summed E-state index contributed by atoms with van der Waals surface area (Å²) in [6.07, 6.45) is 3.61. The standard InChI is InChI=1S/C16H18FN3O.2ClH/c1-19-16(5-6-16)10-21-13-8-14(15(17)20-9-13)11-3-2-4-12(18)7-11;;/h2-4,7-9,19H,5-6,10,18H2,1H3;2*1H. The Bertz CT molecular complexity index is 666. The van der Waals surface area contributed by atoms with Crippen molar-refractivity contribution in [2.24, 2.45) is 0 Å². The van der Waals surface area contributed by atoms with Crippen molar-refractivity contribution < 1.29 is 9.13 Å². The minimum atomic E-state index is -0.525. The number of rotatable bonds is 5. The average molecular weight is 360 g/mol. The Morgan fingerprint density at radius 3 is 2.65 bits per heavy atom. The SMILES string of the molecule is CNC1(COc2cnc(F)c(-c3cccc(N)c3)c2)CC1.Cl.Cl. The number of hydrogen-bond acceptors (Lipinski definition) is 4. The first-order valence-corrected chi connectivity index (χ1v) is 6.95. The zero-order chi connectivity index (χ0) is 14.9. The highest BCUT2D eigenvalue weighted by atomic mass is 35.5. The van der Waals surface area contributed by atoms with E-state index in [1.807, 2.05) is 7.05 Å². The van der Waals surface area contributed by atoms with Gasteiger partial charge in [0.05, 0.1) is 11.7 Å². The number of nitrogens with zero attached hydrogens (tertiary/aromatic N) is 1. The van der Waals surface area contributed by atoms with E-state index in [0.29, 0.717) is 29.2 Å². The molecule has 1 aromatic carbocycles. The number of anilines is 1. The molecule has 3 rings (SSSR count). The number of aromatic nitrogens is 1. The summed E-state index contributed by atoms with van der Waals surface area (Å²) < 4.78 is 19.7. The third-order valence-corrected chi connectivity index (χ3v) is 3.91. The summed E-state index contributed by atoms with van der Waals surface area (Å²) in [5, 5.41) is 3.25. The van der Waals surface area contributed by atoms with E-state index in [1.54, 1.807) is 30.3 Å². The lowest BCUT2D eigenvalue weighted by Crippen LogP contribution is -2.33. The van der Waals surface area contributed by atoms with Crippen molar-refractivity contribution in [3.05, 3.63) is 42.5 Å². The van der Waals surface area contributed by atoms with Crippen LogP contribution in [0.4, 0.5) is 10.1 Å². The zero-order valence-corrected chi connectivity index (χ0v) is 14.3. The topological polar surface area (TPSA) is 60.2 Å². The molecule has 1 heterocycles. The Labute approximate surface area is 147 Å². The lowest BCUT2D eigenvalue weighted by Gasteiger charge is -2.15. The molecule has 0 spiro atoms. The van der Waals surface area contributed by atoms with Crippen LogP contribution in [-0.4, -0.2) is 24.2 Å². The third kappa shape index (κ3) is 4.47. The monoisotopic (exact) mass is 359 g/mol. The molecular formula is C16H20Cl2FN3O. The summed E-state index contributed by atoms with van der Waals surface area (Å²) >= 11 is 0. The third-order valence-electron chi connectivity index (χ3n) is 3.91. The molecule has 0 atom stereocenters. The van der Waals surface area contributed by atoms with Gasteiger partial charge in [0.2, 0.25) is 5.95 Å². The molecule has 0 bridgehead atoms. The molecule has 1 aromatic heterocycles. The quantitative estimate of drug-likeness (QED) is 0.634. The van der Waals surface area contributed by atoms with Gasteiger partial charge in [0, 0.05) is 11.3 Å². The molecule has 1 aliphatic carbocycles. The Morgan fingerprint density at radius 2 is 2.04 bits per heavy atom. The van der Waals surface area contributed by atoms with Gasteiger partial charge in [-0.25, -0.2) is 4.98 Å². The highest BCUT2D eigenvalue weighted by Gasteiger charge is 2.41. The first-order chi connectivity index (χ1) is 10.1. The molecule has 1 saturated carbocycles. The minimum Gasteiger partial charge on any atom is -0.490 e. The summed E-state index contributed by atoms with van der Waals surface area (Å²) in [5.74, 6) is 0.0399. The lowest BCUT2D eigenvalue weighted by atomic mass is 10.1. The van der Waals surface area contributed by atoms with Crippen molar-refractivity contribution in [3.63, 3.8) is 0 Å². The Morgan fingerprint density at radius 1 is 1.30 bits per heavy atom. The number of benzene rings is 1. The molecule has 4 nitrogen and oxygen atoms in total. The second-order valence-electron chi connectivity index (χ2n) is 5.45. The van der Waals surface area contributed by atoms with Crippen LogP contribution in [0, 0.1) is 5.95 Å². The van der Waals surface area contributed by atoms with Crippen LogP contribution >= 0.6 is 24.8 Å². The molecule has 23 heavy (non-hydrogen) atoms. The van der Waals surface area contributed by atoms with Crippen LogP contribution in [-0.2, 0) is 0 Å². The van der Waals surface area contributed by atoms with Crippen LogP contribution in [0.2, 0.25) is 0 Å². The summed E-state index contributed by atoms with van der Waals surface area (Å²) in [6.45, 7) is 0.563. The minimum absolute atomic E-state index is 0. The van der Waals surface area contributed by atoms with Gasteiger partial charge in [-0.15, -0.1) is 24.8 Å². The maximum Gasteiger partial charge on any atom is 0.220 e. The van der Waals surface area contributed by atoms with E-state index in [4.69, 9.17) is 10.5 Å². The molecule has 7 heteroatoms. The van der Waals surface area contributed by atoms with Gasteiger partial charge < -0.3 is 15.8 Å². The largest absolute Gasteiger partial charge is 0.490 e. The Hall–Kier alpha value is -1.56. The van der Waals surface area contributed by atoms with Crippen molar-refractivity contribution in [1.82, 2.24) is 10.3 Å². The molecule has 1 fully saturated rings. The van der Waals surface area contributed by atoms with E-state index in [-0.39, 0.29) is 30.4 Å². The predicted molar refractivity (Wildman–Crippen MR) is 95.1 cm³/mol. The van der Waals surface area contributed by atoms with Crippen molar-refractivity contribution in [2.45, 2.75) is 18.4 Å². The molecule has 3 N–H and O–H groups in total. The highest BCUT2D eigenvalue weighted by molar-refractivity contribution is 5.85. The van der Waals surface area contributed by atoms with Gasteiger partial charge in [-0.3, -0.25) is 0 Å². The smallest absolute Gasteiger partial charge is 0.220 e. The van der Waals surface area contributed by atoms with E-state index < -0.39 is 5.95 Å². The summed E-state index contributed by atoms with van der Waals surface area (Å²) in [5.41, 5.74) is 7.50. The summed E-state index contributed by atoms with van der Waals surface area (Å²) in [4.78, 5) is 3.78. The van der Waals surface area contributed by atoms with Crippen molar-refractivity contribution in [3.8, 4) is 16.9 Å². The fraction of sp³-hybridized carbons (Fsp3) is 0.312. The second kappa shape index (κ2) is 7.81. The van der Waals surface area contributed by atoms with Gasteiger partial charge in [-0.1, -0.05) is 12.1 Å². The maximum atomic E-state index is 13.9. The molecule has 2 aromatic rings. The fourth-order valence-corrected chi connectivity index (χ4v) is 2.26. The van der Waals surface area contributed by atoms with E-state index in [0.717, 1.165) is 12.8 Å². The molecular weight excluding hydrogens is 340 g/mol. The van der Waals surface area contributed by atoms with E-state index in [1.165, 1.54) is 6.20 Å². The molecule has 126 valence electrons. The number of ether oxygens (including phenoxy) is 1. The molecule has 0 amide bonds. The maximum absolute atomic E-state index is 13.9. The van der Waals surface area contributed by atoms with Crippen LogP contribution in [0.25, 0.3) is 11.1 Å². The Kier molecular flexibility index (Phi) is 6.62. The van der Waals surface area contributed by atoms with Gasteiger partial charge in [0.25, 0.3) is 0 Å². The fourth-order valence-electron chi connectivity index (χ4n) is 2.26. The number of hydrogen-bond donors (Lipinski definition) is 2. The summed E-state index contributed by atoms with van der Waals surface area (Å²) in [6, 6.07) is 8.75. The first-order valence-electron chi connectivity index (χ1n) is 6.95. The number of nitrogen functional groups attached to an aromatic ring is 1. The van der Waals surface area contributed by atoms with Gasteiger partial charge in [0.1, 0.15) is 12.4 Å². The number of nitrogens with one attached hydrogen (secondary N) is 1. The van der Waals surface area contributed by atoms with Crippen LogP contribution < -0.4 is 15.8 Å². The van der Waals surface area contributed by atoms with Crippen molar-refractivity contribution in [1.29, 1.82) is 0 Å². The van der Waals surface area contributed by atoms with Crippen LogP contribution in [0.1, 0.15) is 12.8 Å². The zero-order valence-electron chi connectivity index (χ0n) is 12.7. The van der Waals surface area contributed by atoms with Gasteiger partial charge in [0.15, 0.2) is 0 Å². The van der Waals surface area contributed by atoms with Gasteiger partial charge >= 0.3 is 0 Å². The number of nitrogens with two attached hydrogens (primary N) is 1. The van der Waals surface area contributed by atoms with Crippen LogP contribution in [0.15, 0.2) is 36.5 Å². The predicted octanol–water partition coefficient (Wildman–Crippen LogP) is 3.44. The molecule has 0 unspecified atom stereocenters. The van der Waals surface area contributed by atoms with E-state index in [2.05, 4.69) is 10.3 Å². The molecule has 0 aliphatic heterocycles. The first kappa shape index (κ1) is 19.5. The van der Waals surface area contributed by atoms with E-state index >= 15 is 0 Å². The molecule has 1 aliphatic rings. The van der Waals surface area contributed by atoms with E-state index in [9.17, 15) is 4.39 Å². The lowest BCUT2D eigenvalue weighted by molar-refractivity contribution is 0.258. The van der Waals surface area contributed by atoms with Crippen molar-refractivity contribution in [2.75, 3.05) is 19.4 Å². The number of pyridine rings is 1. The number of likely N-dealkylation sites (N-methyl/N-ethyl adjacent to an activating group) is 1. The molecule has 0 radical (unpaired) electrons. The summed E-state index contributed by atoms with van der Waals surface area (Å²) in [7, 11) is 1.93. The van der Waals surface area contributed by atoms with Crippen molar-refractivity contribution >= 4 is 30.5 Å². The number of halogens is 3. The second-order valence-corrected chi connectivity index (χ2v) is 5.45. The van der Waals surface area contributed by atoms with Gasteiger partial charge in [-0.05, 0) is 43.7 Å². The van der Waals surface area contributed by atoms with Crippen LogP contribution in [0.5, 0.6) is 5.75 Å².